The minimum absolute atomic E-state index is 0.437. The molecule has 1 nitrogen and oxygen atoms in total. The molecule has 1 fully saturated rings. The highest BCUT2D eigenvalue weighted by Gasteiger charge is 2.24. The Labute approximate surface area is 80.7 Å². The zero-order valence-corrected chi connectivity index (χ0v) is 8.21. The van der Waals surface area contributed by atoms with E-state index in [1.807, 2.05) is 0 Å². The lowest BCUT2D eigenvalue weighted by molar-refractivity contribution is 0.341. The first-order valence-electron chi connectivity index (χ1n) is 5.49. The molecule has 2 atom stereocenters. The second-order valence-corrected chi connectivity index (χ2v) is 4.26. The molecule has 0 radical (unpaired) electrons. The van der Waals surface area contributed by atoms with Crippen molar-refractivity contribution in [2.45, 2.75) is 44.6 Å². The molecule has 1 saturated carbocycles. The third-order valence-corrected chi connectivity index (χ3v) is 3.34. The maximum Gasteiger partial charge on any atom is 0.0105 e. The van der Waals surface area contributed by atoms with Crippen molar-refractivity contribution >= 4 is 0 Å². The van der Waals surface area contributed by atoms with Crippen LogP contribution >= 0.6 is 0 Å². The highest BCUT2D eigenvalue weighted by Crippen LogP contribution is 2.32. The Morgan fingerprint density at radius 2 is 2.08 bits per heavy atom. The lowest BCUT2D eigenvalue weighted by atomic mass is 9.78. The summed E-state index contributed by atoms with van der Waals surface area (Å²) in [5, 5.41) is 0. The van der Waals surface area contributed by atoms with Gasteiger partial charge in [0.25, 0.3) is 0 Å². The second-order valence-electron chi connectivity index (χ2n) is 4.26. The molecule has 1 heteroatoms. The van der Waals surface area contributed by atoms with Gasteiger partial charge in [0.1, 0.15) is 0 Å². The summed E-state index contributed by atoms with van der Waals surface area (Å²) < 4.78 is 0. The molecular weight excluding hydrogens is 158 g/mol. The topological polar surface area (TPSA) is 26.0 Å². The van der Waals surface area contributed by atoms with Gasteiger partial charge in [0, 0.05) is 6.04 Å². The molecule has 0 amide bonds. The molecule has 0 saturated heterocycles. The molecule has 72 valence electrons. The van der Waals surface area contributed by atoms with Crippen molar-refractivity contribution in [3.05, 3.63) is 23.8 Å². The van der Waals surface area contributed by atoms with Crippen LogP contribution in [0, 0.1) is 5.92 Å². The van der Waals surface area contributed by atoms with E-state index in [9.17, 15) is 0 Å². The van der Waals surface area contributed by atoms with Crippen LogP contribution in [0.5, 0.6) is 0 Å². The molecule has 0 spiro atoms. The fraction of sp³-hybridized carbons (Fsp3) is 0.667. The Balaban J connectivity index is 2.05. The average Bonchev–Trinajstić information content (AvgIpc) is 2.20. The van der Waals surface area contributed by atoms with Crippen molar-refractivity contribution in [3.63, 3.8) is 0 Å². The van der Waals surface area contributed by atoms with Crippen LogP contribution in [0.2, 0.25) is 0 Å². The Hall–Kier alpha value is -0.560. The molecule has 0 bridgehead atoms. The Morgan fingerprint density at radius 1 is 1.23 bits per heavy atom. The van der Waals surface area contributed by atoms with Crippen molar-refractivity contribution in [1.82, 2.24) is 0 Å². The first kappa shape index (κ1) is 9.01. The standard InChI is InChI=1S/C12H19N/c13-12-9-5-4-8-11(12)10-6-2-1-3-7-10/h1-2,6,11-12H,3-5,7-9,13H2. The van der Waals surface area contributed by atoms with Crippen molar-refractivity contribution in [3.8, 4) is 0 Å². The van der Waals surface area contributed by atoms with Crippen LogP contribution in [0.3, 0.4) is 0 Å². The molecule has 0 aromatic carbocycles. The quantitative estimate of drug-likeness (QED) is 0.655. The Bertz CT molecular complexity index is 227. The van der Waals surface area contributed by atoms with Crippen molar-refractivity contribution < 1.29 is 0 Å². The van der Waals surface area contributed by atoms with Gasteiger partial charge in [-0.1, -0.05) is 36.6 Å². The Kier molecular flexibility index (Phi) is 2.84. The number of allylic oxidation sites excluding steroid dienone is 3. The van der Waals surface area contributed by atoms with Gasteiger partial charge in [0.2, 0.25) is 0 Å². The predicted octanol–water partition coefficient (Wildman–Crippen LogP) is 2.78. The number of hydrogen-bond donors (Lipinski definition) is 1. The van der Waals surface area contributed by atoms with Crippen LogP contribution < -0.4 is 5.73 Å². The predicted molar refractivity (Wildman–Crippen MR) is 56.4 cm³/mol. The van der Waals surface area contributed by atoms with E-state index in [1.54, 1.807) is 5.57 Å². The minimum atomic E-state index is 0.437. The van der Waals surface area contributed by atoms with Gasteiger partial charge in [0.05, 0.1) is 0 Å². The van der Waals surface area contributed by atoms with Crippen LogP contribution in [0.4, 0.5) is 0 Å². The van der Waals surface area contributed by atoms with Crippen LogP contribution in [-0.4, -0.2) is 6.04 Å². The summed E-state index contributed by atoms with van der Waals surface area (Å²) in [6.45, 7) is 0. The summed E-state index contributed by atoms with van der Waals surface area (Å²) in [7, 11) is 0. The molecule has 2 rings (SSSR count). The van der Waals surface area contributed by atoms with Gasteiger partial charge in [-0.25, -0.2) is 0 Å². The minimum Gasteiger partial charge on any atom is -0.327 e. The lowest BCUT2D eigenvalue weighted by Gasteiger charge is -2.31. The first-order valence-corrected chi connectivity index (χ1v) is 5.49. The van der Waals surface area contributed by atoms with Gasteiger partial charge in [0.15, 0.2) is 0 Å². The lowest BCUT2D eigenvalue weighted by Crippen LogP contribution is -2.34. The molecule has 2 unspecified atom stereocenters. The summed E-state index contributed by atoms with van der Waals surface area (Å²) in [6.07, 6.45) is 14.5. The summed E-state index contributed by atoms with van der Waals surface area (Å²) in [6, 6.07) is 0.437. The summed E-state index contributed by atoms with van der Waals surface area (Å²) in [5.41, 5.74) is 7.75. The third kappa shape index (κ3) is 2.02. The van der Waals surface area contributed by atoms with Crippen molar-refractivity contribution in [2.24, 2.45) is 11.7 Å². The molecule has 0 aromatic heterocycles. The molecule has 2 aliphatic carbocycles. The van der Waals surface area contributed by atoms with Crippen LogP contribution in [0.1, 0.15) is 38.5 Å². The van der Waals surface area contributed by atoms with Crippen LogP contribution in [0.15, 0.2) is 23.8 Å². The van der Waals surface area contributed by atoms with E-state index in [-0.39, 0.29) is 0 Å². The van der Waals surface area contributed by atoms with Crippen LogP contribution in [0.25, 0.3) is 0 Å². The fourth-order valence-corrected chi connectivity index (χ4v) is 2.55. The maximum atomic E-state index is 6.14. The number of hydrogen-bond acceptors (Lipinski definition) is 1. The van der Waals surface area contributed by atoms with E-state index in [0.717, 1.165) is 0 Å². The normalized spacial score (nSPS) is 34.4. The number of nitrogens with two attached hydrogens (primary N) is 1. The van der Waals surface area contributed by atoms with Gasteiger partial charge < -0.3 is 5.73 Å². The highest BCUT2D eigenvalue weighted by molar-refractivity contribution is 5.21. The van der Waals surface area contributed by atoms with Gasteiger partial charge in [-0.2, -0.15) is 0 Å². The van der Waals surface area contributed by atoms with E-state index in [1.165, 1.54) is 38.5 Å². The molecule has 2 aliphatic rings. The smallest absolute Gasteiger partial charge is 0.0105 e. The third-order valence-electron chi connectivity index (χ3n) is 3.34. The first-order chi connectivity index (χ1) is 6.38. The molecule has 13 heavy (non-hydrogen) atoms. The van der Waals surface area contributed by atoms with Gasteiger partial charge in [-0.3, -0.25) is 0 Å². The van der Waals surface area contributed by atoms with Gasteiger partial charge >= 0.3 is 0 Å². The summed E-state index contributed by atoms with van der Waals surface area (Å²) in [4.78, 5) is 0. The van der Waals surface area contributed by atoms with E-state index >= 15 is 0 Å². The van der Waals surface area contributed by atoms with Crippen LogP contribution in [-0.2, 0) is 0 Å². The zero-order valence-electron chi connectivity index (χ0n) is 8.21. The van der Waals surface area contributed by atoms with Gasteiger partial charge in [-0.15, -0.1) is 0 Å². The number of rotatable bonds is 1. The average molecular weight is 177 g/mol. The summed E-state index contributed by atoms with van der Waals surface area (Å²) in [5.74, 6) is 0.693. The molecular formula is C12H19N. The van der Waals surface area contributed by atoms with E-state index in [2.05, 4.69) is 18.2 Å². The van der Waals surface area contributed by atoms with Crippen molar-refractivity contribution in [2.75, 3.05) is 0 Å². The summed E-state index contributed by atoms with van der Waals surface area (Å²) >= 11 is 0. The molecule has 0 aliphatic heterocycles. The van der Waals surface area contributed by atoms with Gasteiger partial charge in [-0.05, 0) is 31.6 Å². The Morgan fingerprint density at radius 3 is 2.77 bits per heavy atom. The SMILES string of the molecule is NC1CCCCC1C1=CC=CCC1. The molecule has 0 aromatic rings. The monoisotopic (exact) mass is 177 g/mol. The fourth-order valence-electron chi connectivity index (χ4n) is 2.55. The molecule has 2 N–H and O–H groups in total. The van der Waals surface area contributed by atoms with E-state index in [4.69, 9.17) is 5.73 Å². The zero-order chi connectivity index (χ0) is 9.10. The second kappa shape index (κ2) is 4.10. The van der Waals surface area contributed by atoms with E-state index < -0.39 is 0 Å². The highest BCUT2D eigenvalue weighted by atomic mass is 14.7. The van der Waals surface area contributed by atoms with E-state index in [0.29, 0.717) is 12.0 Å². The molecule has 0 heterocycles. The van der Waals surface area contributed by atoms with Crippen molar-refractivity contribution in [1.29, 1.82) is 0 Å². The maximum absolute atomic E-state index is 6.14. The largest absolute Gasteiger partial charge is 0.327 e.